The molecule has 2 rings (SSSR count). The molecule has 0 saturated carbocycles. The van der Waals surface area contributed by atoms with Crippen molar-refractivity contribution in [3.05, 3.63) is 66.2 Å². The van der Waals surface area contributed by atoms with Gasteiger partial charge < -0.3 is 5.32 Å². The second-order valence-electron chi connectivity index (χ2n) is 5.23. The number of alkyl halides is 6. The van der Waals surface area contributed by atoms with Gasteiger partial charge in [-0.15, -0.1) is 0 Å². The zero-order valence-electron chi connectivity index (χ0n) is 13.9. The lowest BCUT2D eigenvalue weighted by Gasteiger charge is -2.17. The summed E-state index contributed by atoms with van der Waals surface area (Å²) in [6, 6.07) is 17.7. The molecule has 27 heavy (non-hydrogen) atoms. The standard InChI is InChI=1S/C10H6Cl3F3NO2P.C7H8/c11-9(12,13)8(17-7(18)10(14,15)16)20(19)6-4-2-1-3-5-6;1-7-5-3-2-4-6-7/h1-5,8H;2-6H,1H3/p+1. The summed E-state index contributed by atoms with van der Waals surface area (Å²) in [5.74, 6) is -4.13. The van der Waals surface area contributed by atoms with Crippen LogP contribution in [0, 0.1) is 6.92 Å². The number of carbonyl (C=O) groups is 1. The highest BCUT2D eigenvalue weighted by Crippen LogP contribution is 2.43. The molecular formula is C17H15Cl3F3NO2P+. The average Bonchev–Trinajstić information content (AvgIpc) is 2.59. The van der Waals surface area contributed by atoms with Crippen molar-refractivity contribution in [1.82, 2.24) is 5.32 Å². The summed E-state index contributed by atoms with van der Waals surface area (Å²) < 4.78 is 46.5. The van der Waals surface area contributed by atoms with Gasteiger partial charge in [0, 0.05) is 0 Å². The van der Waals surface area contributed by atoms with Crippen LogP contribution in [0.4, 0.5) is 13.2 Å². The molecule has 0 saturated heterocycles. The molecule has 0 aliphatic carbocycles. The Morgan fingerprint density at radius 1 is 0.963 bits per heavy atom. The van der Waals surface area contributed by atoms with E-state index in [1.54, 1.807) is 6.07 Å². The van der Waals surface area contributed by atoms with Crippen molar-refractivity contribution < 1.29 is 22.5 Å². The van der Waals surface area contributed by atoms with Gasteiger partial charge in [-0.25, -0.2) is 0 Å². The number of halogens is 6. The molecule has 0 aliphatic rings. The largest absolute Gasteiger partial charge is 0.471 e. The first-order valence-corrected chi connectivity index (χ1v) is 9.86. The van der Waals surface area contributed by atoms with E-state index in [1.807, 2.05) is 18.2 Å². The first-order chi connectivity index (χ1) is 12.4. The van der Waals surface area contributed by atoms with Crippen LogP contribution in [0.2, 0.25) is 0 Å². The first-order valence-electron chi connectivity index (χ1n) is 7.40. The second-order valence-corrected chi connectivity index (χ2v) is 9.28. The summed E-state index contributed by atoms with van der Waals surface area (Å²) >= 11 is 16.5. The van der Waals surface area contributed by atoms with Gasteiger partial charge in [-0.1, -0.05) is 93.5 Å². The van der Waals surface area contributed by atoms with Crippen molar-refractivity contribution >= 4 is 53.8 Å². The van der Waals surface area contributed by atoms with Gasteiger partial charge in [-0.2, -0.15) is 13.2 Å². The third kappa shape index (κ3) is 8.48. The minimum Gasteiger partial charge on any atom is -0.301 e. The van der Waals surface area contributed by atoms with E-state index in [0.29, 0.717) is 0 Å². The predicted octanol–water partition coefficient (Wildman–Crippen LogP) is 5.51. The van der Waals surface area contributed by atoms with E-state index in [2.05, 4.69) is 19.1 Å². The Balaban J connectivity index is 0.000000433. The summed E-state index contributed by atoms with van der Waals surface area (Å²) in [6.07, 6.45) is -5.17. The molecule has 2 aromatic carbocycles. The zero-order chi connectivity index (χ0) is 20.7. The number of rotatable bonds is 3. The molecule has 0 aromatic heterocycles. The fraction of sp³-hybridized carbons (Fsp3) is 0.235. The van der Waals surface area contributed by atoms with Crippen LogP contribution in [0.5, 0.6) is 0 Å². The monoisotopic (exact) mass is 458 g/mol. The first kappa shape index (κ1) is 23.7. The van der Waals surface area contributed by atoms with Crippen LogP contribution < -0.4 is 10.6 Å². The topological polar surface area (TPSA) is 46.2 Å². The molecule has 1 amide bonds. The van der Waals surface area contributed by atoms with E-state index in [0.717, 1.165) is 0 Å². The molecule has 2 aromatic rings. The van der Waals surface area contributed by atoms with E-state index in [4.69, 9.17) is 34.8 Å². The molecule has 0 aliphatic heterocycles. The SMILES string of the molecule is Cc1ccccc1.O=C(NC([P+](=O)c1ccccc1)C(Cl)(Cl)Cl)C(F)(F)F. The van der Waals surface area contributed by atoms with Crippen molar-refractivity contribution in [3.63, 3.8) is 0 Å². The summed E-state index contributed by atoms with van der Waals surface area (Å²) in [5, 5.41) is 1.61. The molecule has 0 fully saturated rings. The molecule has 2 atom stereocenters. The second kappa shape index (κ2) is 10.3. The number of carbonyl (C=O) groups excluding carboxylic acids is 1. The molecule has 0 heterocycles. The Kier molecular flexibility index (Phi) is 9.03. The average molecular weight is 460 g/mol. The molecule has 10 heteroatoms. The van der Waals surface area contributed by atoms with Crippen molar-refractivity contribution in [2.24, 2.45) is 0 Å². The van der Waals surface area contributed by atoms with Gasteiger partial charge in [0.25, 0.3) is 9.58 Å². The summed E-state index contributed by atoms with van der Waals surface area (Å²) in [5.41, 5.74) is 1.32. The van der Waals surface area contributed by atoms with E-state index in [9.17, 15) is 22.5 Å². The lowest BCUT2D eigenvalue weighted by molar-refractivity contribution is -0.173. The molecule has 0 bridgehead atoms. The van der Waals surface area contributed by atoms with Gasteiger partial charge >= 0.3 is 19.9 Å². The van der Waals surface area contributed by atoms with Crippen LogP contribution in [0.1, 0.15) is 5.56 Å². The highest BCUT2D eigenvalue weighted by atomic mass is 35.6. The maximum atomic E-state index is 12.2. The van der Waals surface area contributed by atoms with Crippen molar-refractivity contribution in [2.75, 3.05) is 0 Å². The smallest absolute Gasteiger partial charge is 0.301 e. The number of amides is 1. The van der Waals surface area contributed by atoms with Crippen LogP contribution in [0.15, 0.2) is 60.7 Å². The highest BCUT2D eigenvalue weighted by Gasteiger charge is 2.53. The molecule has 146 valence electrons. The van der Waals surface area contributed by atoms with Crippen molar-refractivity contribution in [2.45, 2.75) is 22.7 Å². The summed E-state index contributed by atoms with van der Waals surface area (Å²) in [4.78, 5) is 10.9. The Hall–Kier alpha value is -1.33. The Morgan fingerprint density at radius 2 is 1.41 bits per heavy atom. The highest BCUT2D eigenvalue weighted by molar-refractivity contribution is 7.54. The quantitative estimate of drug-likeness (QED) is 0.486. The van der Waals surface area contributed by atoms with Crippen LogP contribution in [0.25, 0.3) is 0 Å². The van der Waals surface area contributed by atoms with E-state index in [1.165, 1.54) is 35.1 Å². The van der Waals surface area contributed by atoms with Crippen LogP contribution >= 0.6 is 42.6 Å². The zero-order valence-corrected chi connectivity index (χ0v) is 17.0. The molecule has 2 unspecified atom stereocenters. The molecule has 1 N–H and O–H groups in total. The van der Waals surface area contributed by atoms with Gasteiger partial charge in [-0.05, 0) is 19.1 Å². The van der Waals surface area contributed by atoms with E-state index in [-0.39, 0.29) is 5.30 Å². The van der Waals surface area contributed by atoms with Gasteiger partial charge in [0.05, 0.1) is 0 Å². The summed E-state index contributed by atoms with van der Waals surface area (Å²) in [7, 11) is -2.58. The normalized spacial score (nSPS) is 13.1. The molecular weight excluding hydrogens is 445 g/mol. The van der Waals surface area contributed by atoms with Gasteiger partial charge in [0.15, 0.2) is 5.30 Å². The number of aryl methyl sites for hydroxylation is 1. The lowest BCUT2D eigenvalue weighted by Crippen LogP contribution is -2.47. The minimum absolute atomic E-state index is 0.154. The number of hydrogen-bond donors (Lipinski definition) is 1. The Labute approximate surface area is 170 Å². The fourth-order valence-electron chi connectivity index (χ4n) is 1.74. The fourth-order valence-corrected chi connectivity index (χ4v) is 3.96. The summed E-state index contributed by atoms with van der Waals surface area (Å²) in [6.45, 7) is 2.08. The predicted molar refractivity (Wildman–Crippen MR) is 103 cm³/mol. The van der Waals surface area contributed by atoms with Gasteiger partial charge in [-0.3, -0.25) is 4.79 Å². The third-order valence-electron chi connectivity index (χ3n) is 3.02. The van der Waals surface area contributed by atoms with Crippen LogP contribution in [-0.4, -0.2) is 21.7 Å². The lowest BCUT2D eigenvalue weighted by atomic mass is 10.2. The van der Waals surface area contributed by atoms with Gasteiger partial charge in [0.2, 0.25) is 0 Å². The number of nitrogens with one attached hydrogen (secondary N) is 1. The Morgan fingerprint density at radius 3 is 1.74 bits per heavy atom. The van der Waals surface area contributed by atoms with E-state index < -0.39 is 29.5 Å². The van der Waals surface area contributed by atoms with E-state index >= 15 is 0 Å². The molecule has 0 spiro atoms. The van der Waals surface area contributed by atoms with Crippen molar-refractivity contribution in [3.8, 4) is 0 Å². The minimum atomic E-state index is -5.17. The maximum absolute atomic E-state index is 12.2. The third-order valence-corrected chi connectivity index (χ3v) is 5.92. The van der Waals surface area contributed by atoms with Crippen LogP contribution in [-0.2, 0) is 9.36 Å². The molecule has 0 radical (unpaired) electrons. The number of benzene rings is 2. The maximum Gasteiger partial charge on any atom is 0.471 e. The number of hydrogen-bond acceptors (Lipinski definition) is 2. The van der Waals surface area contributed by atoms with Crippen molar-refractivity contribution in [1.29, 1.82) is 0 Å². The molecule has 3 nitrogen and oxygen atoms in total. The van der Waals surface area contributed by atoms with Gasteiger partial charge in [0.1, 0.15) is 0 Å². The Bertz CT molecular complexity index is 754. The van der Waals surface area contributed by atoms with Crippen LogP contribution in [0.3, 0.4) is 0 Å².